The second kappa shape index (κ2) is 28.2. The number of fused-ring (bicyclic) bond motifs is 10. The van der Waals surface area contributed by atoms with E-state index in [-0.39, 0.29) is 39.3 Å². The molecule has 0 fully saturated rings. The minimum atomic E-state index is -0.523. The Morgan fingerprint density at radius 1 is 0.263 bits per heavy atom. The van der Waals surface area contributed by atoms with Crippen molar-refractivity contribution in [3.05, 3.63) is 386 Å². The predicted molar refractivity (Wildman–Crippen MR) is 506 cm³/mol. The SMILES string of the molecule is [2H]c1c([2H])c([2H])c(-c2ccc3c(c2)N(c2c(-c4ccccc4)cc(C(C)(C)C)cc2-c2ccccc2)c2cc(-n4c5ccc(C(C)(C)C)cc5c5cc(C(C)(C)C)ccc54)cc4c2B3c2ccc(N(c3ccccc3)c3ccc(-n5c6ccccc6c6ccccc65)cc3)cc2N4c2c(-c3ccccc3)cc(C(C)(C)C)cc2-c2ccccc2)c([2H])c1[2H]. The molecule has 2 aromatic heterocycles. The summed E-state index contributed by atoms with van der Waals surface area (Å²) in [6, 6.07) is 121. The molecule has 18 aromatic rings. The summed E-state index contributed by atoms with van der Waals surface area (Å²) in [5, 5.41) is 4.71. The summed E-state index contributed by atoms with van der Waals surface area (Å²) >= 11 is 0. The van der Waals surface area contributed by atoms with E-state index >= 15 is 0 Å². The molecule has 0 atom stereocenters. The monoisotopic (exact) mass is 1530 g/mol. The number of rotatable bonds is 12. The molecule has 118 heavy (non-hydrogen) atoms. The molecule has 0 amide bonds. The number of para-hydroxylation sites is 3. The number of aromatic nitrogens is 2. The van der Waals surface area contributed by atoms with Crippen LogP contribution < -0.4 is 31.1 Å². The zero-order valence-electron chi connectivity index (χ0n) is 74.1. The van der Waals surface area contributed by atoms with Crippen molar-refractivity contribution in [3.8, 4) is 67.0 Å². The van der Waals surface area contributed by atoms with Crippen LogP contribution in [0, 0.1) is 0 Å². The summed E-state index contributed by atoms with van der Waals surface area (Å²) in [6.45, 7) is 27.1. The molecule has 0 N–H and O–H groups in total. The Bertz CT molecular complexity index is 7000. The van der Waals surface area contributed by atoms with Gasteiger partial charge < -0.3 is 23.8 Å². The maximum Gasteiger partial charge on any atom is 0.252 e. The van der Waals surface area contributed by atoms with Gasteiger partial charge in [0.25, 0.3) is 6.71 Å². The normalized spacial score (nSPS) is 13.5. The van der Waals surface area contributed by atoms with Gasteiger partial charge in [-0.25, -0.2) is 0 Å². The maximum atomic E-state index is 9.85. The average Bonchev–Trinajstić information content (AvgIpc) is 0.892. The van der Waals surface area contributed by atoms with E-state index in [1.165, 1.54) is 27.5 Å². The molecular weight excluding hydrogens is 1430 g/mol. The number of hydrogen-bond acceptors (Lipinski definition) is 3. The first-order chi connectivity index (χ1) is 59.2. The lowest BCUT2D eigenvalue weighted by Crippen LogP contribution is -2.61. The number of nitrogens with zero attached hydrogens (tertiary/aromatic N) is 5. The summed E-state index contributed by atoms with van der Waals surface area (Å²) in [7, 11) is 0. The van der Waals surface area contributed by atoms with Crippen LogP contribution in [0.25, 0.3) is 111 Å². The molecule has 5 nitrogen and oxygen atoms in total. The topological polar surface area (TPSA) is 19.6 Å². The molecule has 0 aliphatic carbocycles. The van der Waals surface area contributed by atoms with Gasteiger partial charge in [-0.3, -0.25) is 0 Å². The van der Waals surface area contributed by atoms with Crippen molar-refractivity contribution >= 4 is 118 Å². The highest BCUT2D eigenvalue weighted by molar-refractivity contribution is 7.00. The Kier molecular flexibility index (Phi) is 16.2. The van der Waals surface area contributed by atoms with Gasteiger partial charge in [-0.1, -0.05) is 320 Å². The average molecular weight is 1530 g/mol. The highest BCUT2D eigenvalue weighted by Gasteiger charge is 2.47. The van der Waals surface area contributed by atoms with E-state index in [2.05, 4.69) is 435 Å². The molecule has 4 heterocycles. The molecule has 0 saturated carbocycles. The number of benzene rings is 16. The van der Waals surface area contributed by atoms with Crippen LogP contribution in [0.1, 0.15) is 112 Å². The molecule has 0 unspecified atom stereocenters. The fourth-order valence-electron chi connectivity index (χ4n) is 18.4. The lowest BCUT2D eigenvalue weighted by Gasteiger charge is -2.46. The molecule has 20 rings (SSSR count). The Morgan fingerprint density at radius 3 is 1.06 bits per heavy atom. The van der Waals surface area contributed by atoms with Gasteiger partial charge in [-0.05, 0) is 221 Å². The van der Waals surface area contributed by atoms with Crippen molar-refractivity contribution in [2.45, 2.75) is 105 Å². The molecule has 6 heteroatoms. The number of anilines is 9. The van der Waals surface area contributed by atoms with E-state index in [0.29, 0.717) is 5.56 Å². The lowest BCUT2D eigenvalue weighted by molar-refractivity contribution is 0.590. The van der Waals surface area contributed by atoms with Crippen LogP contribution in [0.3, 0.4) is 0 Å². The van der Waals surface area contributed by atoms with Crippen LogP contribution in [0.15, 0.2) is 364 Å². The molecule has 572 valence electrons. The third kappa shape index (κ3) is 12.5. The van der Waals surface area contributed by atoms with E-state index in [1.807, 2.05) is 6.07 Å². The van der Waals surface area contributed by atoms with Gasteiger partial charge in [-0.2, -0.15) is 0 Å². The van der Waals surface area contributed by atoms with Crippen LogP contribution in [-0.4, -0.2) is 15.8 Å². The van der Waals surface area contributed by atoms with Gasteiger partial charge in [-0.15, -0.1) is 0 Å². The summed E-state index contributed by atoms with van der Waals surface area (Å²) in [5.74, 6) is 0. The van der Waals surface area contributed by atoms with Gasteiger partial charge in [0.05, 0.1) is 46.0 Å². The van der Waals surface area contributed by atoms with Gasteiger partial charge in [0, 0.05) is 89.3 Å². The smallest absolute Gasteiger partial charge is 0.252 e. The van der Waals surface area contributed by atoms with Gasteiger partial charge in [0.1, 0.15) is 0 Å². The first-order valence-electron chi connectivity index (χ1n) is 43.9. The van der Waals surface area contributed by atoms with E-state index in [4.69, 9.17) is 1.37 Å². The minimum absolute atomic E-state index is 0.123. The Morgan fingerprint density at radius 2 is 0.627 bits per heavy atom. The first kappa shape index (κ1) is 67.9. The molecule has 2 aliphatic heterocycles. The molecule has 2 aliphatic rings. The molecule has 0 bridgehead atoms. The number of hydrogen-bond donors (Lipinski definition) is 0. The van der Waals surface area contributed by atoms with Crippen molar-refractivity contribution in [2.24, 2.45) is 0 Å². The zero-order chi connectivity index (χ0) is 85.0. The van der Waals surface area contributed by atoms with Crippen LogP contribution in [0.2, 0.25) is 0 Å². The summed E-state index contributed by atoms with van der Waals surface area (Å²) in [4.78, 5) is 7.57. The molecule has 0 spiro atoms. The summed E-state index contributed by atoms with van der Waals surface area (Å²) < 4.78 is 52.2. The standard InChI is InChI=1S/C112H96BN5/c1-109(2,3)79-52-61-100-94(64-79)95-65-80(110(4,5)6)53-62-101(95)116(100)87-71-104-106-105(72-87)118(108-92(76-41-25-16-26-42-76)68-82(112(10,11)12)69-93(108)77-43-27-17-28-44-77)103-70-86(114(83-45-29-18-30-46-83)84-54-56-85(57-55-84)115-98-49-33-31-47-88(98)89-48-32-34-50-99(89)115)58-60-97(103)113(106)96-59-51-78(73-35-19-13-20-36-73)63-102(96)117(104)107-90(74-37-21-14-22-38-74)66-81(111(7,8)9)67-91(107)75-39-23-15-24-40-75/h13-72H,1-12H3/i13D,19D,20D,35D,36D. The summed E-state index contributed by atoms with van der Waals surface area (Å²) in [6.07, 6.45) is 0. The van der Waals surface area contributed by atoms with Crippen LogP contribution in [0.5, 0.6) is 0 Å². The van der Waals surface area contributed by atoms with Gasteiger partial charge >= 0.3 is 0 Å². The second-order valence-corrected chi connectivity index (χ2v) is 36.2. The Hall–Kier alpha value is -13.4. The van der Waals surface area contributed by atoms with E-state index in [0.717, 1.165) is 162 Å². The van der Waals surface area contributed by atoms with Gasteiger partial charge in [0.2, 0.25) is 0 Å². The highest BCUT2D eigenvalue weighted by Crippen LogP contribution is 2.57. The quantitative estimate of drug-likeness (QED) is 0.114. The molecular formula is C112H96BN5. The minimum Gasteiger partial charge on any atom is -0.310 e. The third-order valence-corrected chi connectivity index (χ3v) is 24.5. The van der Waals surface area contributed by atoms with Crippen molar-refractivity contribution < 1.29 is 6.85 Å². The van der Waals surface area contributed by atoms with Crippen molar-refractivity contribution in [2.75, 3.05) is 14.7 Å². The Labute approximate surface area is 702 Å². The molecule has 0 saturated heterocycles. The predicted octanol–water partition coefficient (Wildman–Crippen LogP) is 29.0. The third-order valence-electron chi connectivity index (χ3n) is 24.5. The fraction of sp³-hybridized carbons (Fsp3) is 0.143. The van der Waals surface area contributed by atoms with E-state index in [9.17, 15) is 5.48 Å². The van der Waals surface area contributed by atoms with E-state index in [1.54, 1.807) is 0 Å². The largest absolute Gasteiger partial charge is 0.310 e. The second-order valence-electron chi connectivity index (χ2n) is 36.2. The summed E-state index contributed by atoms with van der Waals surface area (Å²) in [5.41, 5.74) is 30.6. The lowest BCUT2D eigenvalue weighted by atomic mass is 9.33. The van der Waals surface area contributed by atoms with Crippen molar-refractivity contribution in [1.82, 2.24) is 9.13 Å². The van der Waals surface area contributed by atoms with Crippen LogP contribution in [0.4, 0.5) is 51.2 Å². The van der Waals surface area contributed by atoms with Crippen molar-refractivity contribution in [3.63, 3.8) is 0 Å². The van der Waals surface area contributed by atoms with Gasteiger partial charge in [0.15, 0.2) is 0 Å². The highest BCUT2D eigenvalue weighted by atomic mass is 15.2. The van der Waals surface area contributed by atoms with E-state index < -0.39 is 24.8 Å². The van der Waals surface area contributed by atoms with Crippen LogP contribution >= 0.6 is 0 Å². The fourth-order valence-corrected chi connectivity index (χ4v) is 18.4. The van der Waals surface area contributed by atoms with Crippen molar-refractivity contribution in [1.29, 1.82) is 0 Å². The first-order valence-corrected chi connectivity index (χ1v) is 41.4. The molecule has 0 radical (unpaired) electrons. The zero-order valence-corrected chi connectivity index (χ0v) is 69.1. The maximum absolute atomic E-state index is 9.85. The molecule has 16 aromatic carbocycles. The van der Waals surface area contributed by atoms with Crippen LogP contribution in [-0.2, 0) is 21.7 Å². The Balaban J connectivity index is 0.982.